The molecule has 0 spiro atoms. The molecule has 1 atom stereocenters. The van der Waals surface area contributed by atoms with E-state index in [4.69, 9.17) is 5.26 Å². The number of fused-ring (bicyclic) bond motifs is 1. The molecule has 1 aliphatic rings. The van der Waals surface area contributed by atoms with Crippen molar-refractivity contribution in [3.63, 3.8) is 0 Å². The van der Waals surface area contributed by atoms with Gasteiger partial charge in [0.15, 0.2) is 5.65 Å². The summed E-state index contributed by atoms with van der Waals surface area (Å²) in [6.07, 6.45) is 5.01. The first-order valence-corrected chi connectivity index (χ1v) is 7.30. The zero-order valence-corrected chi connectivity index (χ0v) is 12.8. The van der Waals surface area contributed by atoms with Gasteiger partial charge in [0.05, 0.1) is 6.20 Å². The van der Waals surface area contributed by atoms with E-state index in [1.54, 1.807) is 23.0 Å². The molecule has 24 heavy (non-hydrogen) atoms. The fraction of sp³-hybridized carbons (Fsp3) is 0.267. The number of carbonyl (C=O) groups excluding carboxylic acids is 1. The molecule has 0 bridgehead atoms. The molecule has 1 fully saturated rings. The Balaban J connectivity index is 1.88. The first-order valence-electron chi connectivity index (χ1n) is 7.30. The van der Waals surface area contributed by atoms with Crippen molar-refractivity contribution in [3.05, 3.63) is 30.9 Å². The number of nitrogens with zero attached hydrogens (tertiary/aromatic N) is 7. The van der Waals surface area contributed by atoms with Crippen molar-refractivity contribution in [1.29, 1.82) is 5.26 Å². The Hall–Kier alpha value is -3.25. The molecule has 4 rings (SSSR count). The predicted octanol–water partition coefficient (Wildman–Crippen LogP) is 0.121. The Morgan fingerprint density at radius 3 is 2.83 bits per heavy atom. The van der Waals surface area contributed by atoms with Crippen LogP contribution in [-0.2, 0) is 11.8 Å². The molecule has 0 unspecified atom stereocenters. The van der Waals surface area contributed by atoms with Crippen LogP contribution in [0.3, 0.4) is 0 Å². The third-order valence-corrected chi connectivity index (χ3v) is 4.16. The zero-order chi connectivity index (χ0) is 16.9. The molecular formula is C15H13N7O2. The van der Waals surface area contributed by atoms with Crippen LogP contribution >= 0.6 is 0 Å². The highest BCUT2D eigenvalue weighted by molar-refractivity contribution is 6.03. The molecular weight excluding hydrogens is 310 g/mol. The van der Waals surface area contributed by atoms with E-state index in [9.17, 15) is 9.90 Å². The summed E-state index contributed by atoms with van der Waals surface area (Å²) in [6, 6.07) is 5.30. The van der Waals surface area contributed by atoms with Crippen LogP contribution in [0.5, 0.6) is 0 Å². The van der Waals surface area contributed by atoms with E-state index in [1.807, 2.05) is 19.3 Å². The highest BCUT2D eigenvalue weighted by atomic mass is 16.3. The number of hydrogen-bond acceptors (Lipinski definition) is 6. The maximum Gasteiger partial charge on any atom is 0.275 e. The number of amides is 1. The average Bonchev–Trinajstić information content (AvgIpc) is 3.28. The summed E-state index contributed by atoms with van der Waals surface area (Å²) in [5.74, 6) is -0.190. The van der Waals surface area contributed by atoms with Crippen LogP contribution < -0.4 is 4.90 Å². The van der Waals surface area contributed by atoms with E-state index < -0.39 is 11.5 Å². The van der Waals surface area contributed by atoms with Crippen molar-refractivity contribution in [3.8, 4) is 17.2 Å². The van der Waals surface area contributed by atoms with Gasteiger partial charge in [0.2, 0.25) is 5.60 Å². The fourth-order valence-corrected chi connectivity index (χ4v) is 2.86. The largest absolute Gasteiger partial charge is 0.368 e. The Morgan fingerprint density at radius 2 is 2.17 bits per heavy atom. The van der Waals surface area contributed by atoms with Crippen molar-refractivity contribution in [1.82, 2.24) is 24.4 Å². The first-order chi connectivity index (χ1) is 11.5. The van der Waals surface area contributed by atoms with E-state index >= 15 is 0 Å². The molecule has 9 heteroatoms. The molecule has 0 saturated carbocycles. The Bertz CT molecular complexity index is 999. The van der Waals surface area contributed by atoms with Gasteiger partial charge in [-0.05, 0) is 17.7 Å². The van der Waals surface area contributed by atoms with E-state index in [1.165, 1.54) is 15.7 Å². The average molecular weight is 323 g/mol. The molecule has 120 valence electrons. The van der Waals surface area contributed by atoms with Crippen molar-refractivity contribution in [2.24, 2.45) is 7.05 Å². The van der Waals surface area contributed by atoms with Gasteiger partial charge in [-0.2, -0.15) is 20.0 Å². The highest BCUT2D eigenvalue weighted by Crippen LogP contribution is 2.31. The van der Waals surface area contributed by atoms with Crippen LogP contribution in [0.4, 0.5) is 5.82 Å². The SMILES string of the molecule is Cn1cc(-c2cc(N3CC[C@](O)(C#N)C3=O)n3ncnc3c2)cn1. The minimum atomic E-state index is -1.99. The van der Waals surface area contributed by atoms with E-state index in [-0.39, 0.29) is 13.0 Å². The molecule has 1 amide bonds. The quantitative estimate of drug-likeness (QED) is 0.670. The van der Waals surface area contributed by atoms with Crippen LogP contribution in [0.2, 0.25) is 0 Å². The Labute approximate surface area is 136 Å². The van der Waals surface area contributed by atoms with Crippen molar-refractivity contribution in [2.45, 2.75) is 12.0 Å². The number of carbonyl (C=O) groups is 1. The number of nitriles is 1. The summed E-state index contributed by atoms with van der Waals surface area (Å²) in [4.78, 5) is 18.0. The third-order valence-electron chi connectivity index (χ3n) is 4.16. The van der Waals surface area contributed by atoms with Crippen molar-refractivity contribution in [2.75, 3.05) is 11.4 Å². The van der Waals surface area contributed by atoms with Gasteiger partial charge >= 0.3 is 0 Å². The summed E-state index contributed by atoms with van der Waals surface area (Å²) >= 11 is 0. The fourth-order valence-electron chi connectivity index (χ4n) is 2.86. The second-order valence-corrected chi connectivity index (χ2v) is 5.71. The standard InChI is InChI=1S/C15H13N7O2/c1-20-7-11(6-18-20)10-4-12-17-9-19-22(12)13(5-10)21-3-2-15(24,8-16)14(21)23/h4-7,9,24H,2-3H2,1H3/t15-/m0/s1. The first kappa shape index (κ1) is 14.3. The Morgan fingerprint density at radius 1 is 1.33 bits per heavy atom. The summed E-state index contributed by atoms with van der Waals surface area (Å²) in [5, 5.41) is 27.5. The molecule has 3 aromatic rings. The smallest absolute Gasteiger partial charge is 0.275 e. The van der Waals surface area contributed by atoms with Gasteiger partial charge in [-0.1, -0.05) is 0 Å². The number of hydrogen-bond donors (Lipinski definition) is 1. The van der Waals surface area contributed by atoms with Crippen LogP contribution in [-0.4, -0.2) is 47.5 Å². The van der Waals surface area contributed by atoms with Crippen molar-refractivity contribution >= 4 is 17.4 Å². The molecule has 1 aliphatic heterocycles. The molecule has 0 aliphatic carbocycles. The normalized spacial score (nSPS) is 20.7. The summed E-state index contributed by atoms with van der Waals surface area (Å²) in [7, 11) is 1.82. The maximum atomic E-state index is 12.5. The van der Waals surface area contributed by atoms with Crippen molar-refractivity contribution < 1.29 is 9.90 Å². The molecule has 0 radical (unpaired) electrons. The number of aliphatic hydroxyl groups is 1. The second kappa shape index (κ2) is 4.87. The lowest BCUT2D eigenvalue weighted by atomic mass is 10.1. The number of aromatic nitrogens is 5. The lowest BCUT2D eigenvalue weighted by molar-refractivity contribution is -0.128. The lowest BCUT2D eigenvalue weighted by Crippen LogP contribution is -2.39. The van der Waals surface area contributed by atoms with Crippen LogP contribution in [0.15, 0.2) is 30.9 Å². The van der Waals surface area contributed by atoms with Gasteiger partial charge in [-0.25, -0.2) is 4.98 Å². The topological polar surface area (TPSA) is 112 Å². The van der Waals surface area contributed by atoms with Gasteiger partial charge in [0.25, 0.3) is 5.91 Å². The molecule has 1 N–H and O–H groups in total. The molecule has 0 aromatic carbocycles. The molecule has 3 aromatic heterocycles. The van der Waals surface area contributed by atoms with E-state index in [0.717, 1.165) is 11.1 Å². The summed E-state index contributed by atoms with van der Waals surface area (Å²) in [6.45, 7) is 0.231. The maximum absolute atomic E-state index is 12.5. The Kier molecular flexibility index (Phi) is 2.91. The highest BCUT2D eigenvalue weighted by Gasteiger charge is 2.47. The number of anilines is 1. The summed E-state index contributed by atoms with van der Waals surface area (Å²) < 4.78 is 3.19. The van der Waals surface area contributed by atoms with Gasteiger partial charge < -0.3 is 5.11 Å². The predicted molar refractivity (Wildman–Crippen MR) is 82.7 cm³/mol. The van der Waals surface area contributed by atoms with Gasteiger partial charge in [-0.15, -0.1) is 0 Å². The zero-order valence-electron chi connectivity index (χ0n) is 12.8. The monoisotopic (exact) mass is 323 g/mol. The number of rotatable bonds is 2. The van der Waals surface area contributed by atoms with E-state index in [0.29, 0.717) is 11.5 Å². The minimum Gasteiger partial charge on any atom is -0.368 e. The number of aryl methyl sites for hydroxylation is 1. The van der Waals surface area contributed by atoms with Crippen LogP contribution in [0.1, 0.15) is 6.42 Å². The minimum absolute atomic E-state index is 0.0512. The third kappa shape index (κ3) is 1.97. The summed E-state index contributed by atoms with van der Waals surface area (Å²) in [5.41, 5.74) is 0.258. The van der Waals surface area contributed by atoms with E-state index in [2.05, 4.69) is 15.2 Å². The van der Waals surface area contributed by atoms with Gasteiger partial charge in [0.1, 0.15) is 18.2 Å². The lowest BCUT2D eigenvalue weighted by Gasteiger charge is -2.19. The molecule has 9 nitrogen and oxygen atoms in total. The molecule has 4 heterocycles. The number of pyridine rings is 1. The van der Waals surface area contributed by atoms with Crippen LogP contribution in [0.25, 0.3) is 16.8 Å². The molecule has 1 saturated heterocycles. The van der Waals surface area contributed by atoms with Gasteiger partial charge in [0, 0.05) is 31.8 Å². The second-order valence-electron chi connectivity index (χ2n) is 5.71. The van der Waals surface area contributed by atoms with Crippen LogP contribution in [0, 0.1) is 11.3 Å². The van der Waals surface area contributed by atoms with Gasteiger partial charge in [-0.3, -0.25) is 14.4 Å².